The average Bonchev–Trinajstić information content (AvgIpc) is 2.37. The Morgan fingerprint density at radius 2 is 2.00 bits per heavy atom. The minimum atomic E-state index is 0.108. The quantitative estimate of drug-likeness (QED) is 0.761. The molecule has 1 amide bonds. The SMILES string of the molecule is CCNC(=O)CCN(C)Cc1ccccc1CN. The highest BCUT2D eigenvalue weighted by Crippen LogP contribution is 2.10. The third kappa shape index (κ3) is 4.85. The molecule has 0 aliphatic carbocycles. The summed E-state index contributed by atoms with van der Waals surface area (Å²) in [5, 5.41) is 2.80. The first-order valence-electron chi connectivity index (χ1n) is 6.39. The van der Waals surface area contributed by atoms with Gasteiger partial charge in [-0.05, 0) is 25.1 Å². The van der Waals surface area contributed by atoms with Crippen molar-refractivity contribution in [2.24, 2.45) is 5.73 Å². The highest BCUT2D eigenvalue weighted by molar-refractivity contribution is 5.75. The summed E-state index contributed by atoms with van der Waals surface area (Å²) in [6.45, 7) is 4.76. The maximum atomic E-state index is 11.4. The van der Waals surface area contributed by atoms with E-state index in [-0.39, 0.29) is 5.91 Å². The molecule has 0 aliphatic rings. The van der Waals surface area contributed by atoms with E-state index < -0.39 is 0 Å². The lowest BCUT2D eigenvalue weighted by atomic mass is 10.1. The van der Waals surface area contributed by atoms with Crippen molar-refractivity contribution < 1.29 is 4.79 Å². The predicted molar refractivity (Wildman–Crippen MR) is 74.0 cm³/mol. The van der Waals surface area contributed by atoms with Gasteiger partial charge in [0.2, 0.25) is 5.91 Å². The Morgan fingerprint density at radius 3 is 2.61 bits per heavy atom. The van der Waals surface area contributed by atoms with E-state index in [0.29, 0.717) is 19.5 Å². The third-order valence-corrected chi connectivity index (χ3v) is 2.87. The molecule has 0 aliphatic heterocycles. The molecule has 4 nitrogen and oxygen atoms in total. The number of nitrogens with one attached hydrogen (secondary N) is 1. The summed E-state index contributed by atoms with van der Waals surface area (Å²) in [7, 11) is 2.02. The fraction of sp³-hybridized carbons (Fsp3) is 0.500. The van der Waals surface area contributed by atoms with E-state index in [2.05, 4.69) is 16.3 Å². The van der Waals surface area contributed by atoms with Crippen molar-refractivity contribution in [2.45, 2.75) is 26.4 Å². The molecule has 3 N–H and O–H groups in total. The van der Waals surface area contributed by atoms with E-state index in [0.717, 1.165) is 13.1 Å². The van der Waals surface area contributed by atoms with Gasteiger partial charge in [0.1, 0.15) is 0 Å². The normalized spacial score (nSPS) is 10.7. The molecular formula is C14H23N3O. The summed E-state index contributed by atoms with van der Waals surface area (Å²) in [6.07, 6.45) is 0.537. The summed E-state index contributed by atoms with van der Waals surface area (Å²) in [6, 6.07) is 8.16. The van der Waals surface area contributed by atoms with Crippen LogP contribution in [-0.2, 0) is 17.9 Å². The topological polar surface area (TPSA) is 58.4 Å². The van der Waals surface area contributed by atoms with Crippen LogP contribution in [-0.4, -0.2) is 30.9 Å². The number of hydrogen-bond donors (Lipinski definition) is 2. The number of carbonyl (C=O) groups excluding carboxylic acids is 1. The van der Waals surface area contributed by atoms with Crippen LogP contribution in [0.15, 0.2) is 24.3 Å². The molecule has 0 unspecified atom stereocenters. The Morgan fingerprint density at radius 1 is 1.33 bits per heavy atom. The van der Waals surface area contributed by atoms with Gasteiger partial charge >= 0.3 is 0 Å². The zero-order valence-electron chi connectivity index (χ0n) is 11.3. The van der Waals surface area contributed by atoms with E-state index in [9.17, 15) is 4.79 Å². The van der Waals surface area contributed by atoms with Crippen molar-refractivity contribution in [3.63, 3.8) is 0 Å². The van der Waals surface area contributed by atoms with Gasteiger partial charge in [0.05, 0.1) is 0 Å². The molecule has 0 atom stereocenters. The number of amides is 1. The first-order chi connectivity index (χ1) is 8.67. The lowest BCUT2D eigenvalue weighted by Crippen LogP contribution is -2.28. The van der Waals surface area contributed by atoms with Crippen molar-refractivity contribution in [3.05, 3.63) is 35.4 Å². The molecule has 0 aromatic heterocycles. The lowest BCUT2D eigenvalue weighted by Gasteiger charge is -2.18. The molecule has 1 rings (SSSR count). The molecular weight excluding hydrogens is 226 g/mol. The van der Waals surface area contributed by atoms with Crippen molar-refractivity contribution in [3.8, 4) is 0 Å². The number of rotatable bonds is 7. The van der Waals surface area contributed by atoms with Crippen LogP contribution in [0.3, 0.4) is 0 Å². The molecule has 4 heteroatoms. The minimum absolute atomic E-state index is 0.108. The van der Waals surface area contributed by atoms with Crippen molar-refractivity contribution in [1.82, 2.24) is 10.2 Å². The smallest absolute Gasteiger partial charge is 0.221 e. The first-order valence-corrected chi connectivity index (χ1v) is 6.39. The predicted octanol–water partition coefficient (Wildman–Crippen LogP) is 1.10. The largest absolute Gasteiger partial charge is 0.356 e. The maximum absolute atomic E-state index is 11.4. The number of nitrogens with zero attached hydrogens (tertiary/aromatic N) is 1. The second-order valence-electron chi connectivity index (χ2n) is 4.41. The van der Waals surface area contributed by atoms with Crippen LogP contribution in [0.4, 0.5) is 0 Å². The fourth-order valence-corrected chi connectivity index (χ4v) is 1.86. The monoisotopic (exact) mass is 249 g/mol. The Balaban J connectivity index is 2.44. The molecule has 1 aromatic rings. The molecule has 0 radical (unpaired) electrons. The van der Waals surface area contributed by atoms with E-state index in [4.69, 9.17) is 5.73 Å². The van der Waals surface area contributed by atoms with Crippen LogP contribution >= 0.6 is 0 Å². The van der Waals surface area contributed by atoms with Gasteiger partial charge in [-0.1, -0.05) is 24.3 Å². The average molecular weight is 249 g/mol. The third-order valence-electron chi connectivity index (χ3n) is 2.87. The van der Waals surface area contributed by atoms with Crippen molar-refractivity contribution in [2.75, 3.05) is 20.1 Å². The Labute approximate surface area is 109 Å². The van der Waals surface area contributed by atoms with Crippen LogP contribution in [0.1, 0.15) is 24.5 Å². The standard InChI is InChI=1S/C14H23N3O/c1-3-16-14(18)8-9-17(2)11-13-7-5-4-6-12(13)10-15/h4-7H,3,8-11,15H2,1-2H3,(H,16,18). The van der Waals surface area contributed by atoms with Gasteiger partial charge in [0.25, 0.3) is 0 Å². The van der Waals surface area contributed by atoms with Crippen LogP contribution in [0.25, 0.3) is 0 Å². The number of hydrogen-bond acceptors (Lipinski definition) is 3. The Hall–Kier alpha value is -1.39. The minimum Gasteiger partial charge on any atom is -0.356 e. The molecule has 0 spiro atoms. The van der Waals surface area contributed by atoms with Crippen molar-refractivity contribution >= 4 is 5.91 Å². The summed E-state index contributed by atoms with van der Waals surface area (Å²) in [4.78, 5) is 13.5. The van der Waals surface area contributed by atoms with Gasteiger partial charge in [-0.3, -0.25) is 4.79 Å². The number of carbonyl (C=O) groups is 1. The zero-order valence-corrected chi connectivity index (χ0v) is 11.3. The van der Waals surface area contributed by atoms with Crippen molar-refractivity contribution in [1.29, 1.82) is 0 Å². The van der Waals surface area contributed by atoms with Crippen LogP contribution < -0.4 is 11.1 Å². The second-order valence-corrected chi connectivity index (χ2v) is 4.41. The van der Waals surface area contributed by atoms with Crippen LogP contribution in [0.2, 0.25) is 0 Å². The maximum Gasteiger partial charge on any atom is 0.221 e. The first kappa shape index (κ1) is 14.7. The Kier molecular flexibility index (Phi) is 6.39. The fourth-order valence-electron chi connectivity index (χ4n) is 1.86. The van der Waals surface area contributed by atoms with E-state index in [1.54, 1.807) is 0 Å². The number of nitrogens with two attached hydrogens (primary N) is 1. The van der Waals surface area contributed by atoms with E-state index in [1.165, 1.54) is 11.1 Å². The van der Waals surface area contributed by atoms with Gasteiger partial charge in [-0.2, -0.15) is 0 Å². The summed E-state index contributed by atoms with van der Waals surface area (Å²) in [5.74, 6) is 0.108. The molecule has 0 saturated heterocycles. The molecule has 1 aromatic carbocycles. The highest BCUT2D eigenvalue weighted by atomic mass is 16.1. The highest BCUT2D eigenvalue weighted by Gasteiger charge is 2.06. The van der Waals surface area contributed by atoms with Gasteiger partial charge < -0.3 is 16.0 Å². The lowest BCUT2D eigenvalue weighted by molar-refractivity contribution is -0.121. The van der Waals surface area contributed by atoms with Gasteiger partial charge in [0.15, 0.2) is 0 Å². The van der Waals surface area contributed by atoms with Gasteiger partial charge in [-0.25, -0.2) is 0 Å². The summed E-state index contributed by atoms with van der Waals surface area (Å²) >= 11 is 0. The van der Waals surface area contributed by atoms with Gasteiger partial charge in [0, 0.05) is 32.6 Å². The molecule has 18 heavy (non-hydrogen) atoms. The van der Waals surface area contributed by atoms with Crippen LogP contribution in [0.5, 0.6) is 0 Å². The zero-order chi connectivity index (χ0) is 13.4. The van der Waals surface area contributed by atoms with Gasteiger partial charge in [-0.15, -0.1) is 0 Å². The number of benzene rings is 1. The van der Waals surface area contributed by atoms with E-state index in [1.807, 2.05) is 32.2 Å². The Bertz CT molecular complexity index is 379. The summed E-state index contributed by atoms with van der Waals surface area (Å²) < 4.78 is 0. The molecule has 0 bridgehead atoms. The molecule has 100 valence electrons. The molecule has 0 fully saturated rings. The second kappa shape index (κ2) is 7.84. The van der Waals surface area contributed by atoms with Crippen LogP contribution in [0, 0.1) is 0 Å². The molecule has 0 saturated carbocycles. The molecule has 0 heterocycles. The van der Waals surface area contributed by atoms with E-state index >= 15 is 0 Å². The summed E-state index contributed by atoms with van der Waals surface area (Å²) in [5.41, 5.74) is 8.11.